The molecule has 1 aliphatic carbocycles. The Morgan fingerprint density at radius 1 is 1.33 bits per heavy atom. The van der Waals surface area contributed by atoms with Gasteiger partial charge in [-0.2, -0.15) is 0 Å². The van der Waals surface area contributed by atoms with E-state index >= 15 is 0 Å². The van der Waals surface area contributed by atoms with Crippen molar-refractivity contribution in [3.63, 3.8) is 0 Å². The van der Waals surface area contributed by atoms with Crippen LogP contribution in [0.25, 0.3) is 0 Å². The van der Waals surface area contributed by atoms with Crippen molar-refractivity contribution in [2.24, 2.45) is 11.3 Å². The summed E-state index contributed by atoms with van der Waals surface area (Å²) in [6.45, 7) is 5.93. The molecule has 0 aromatic heterocycles. The van der Waals surface area contributed by atoms with Crippen LogP contribution < -0.4 is 5.32 Å². The molecule has 0 radical (unpaired) electrons. The predicted molar refractivity (Wildman–Crippen MR) is 80.7 cm³/mol. The fourth-order valence-corrected chi connectivity index (χ4v) is 2.92. The van der Waals surface area contributed by atoms with E-state index in [1.807, 2.05) is 6.07 Å². The van der Waals surface area contributed by atoms with Crippen LogP contribution in [0.5, 0.6) is 0 Å². The molecule has 1 aromatic rings. The minimum Gasteiger partial charge on any atom is -0.479 e. The Labute approximate surface area is 125 Å². The van der Waals surface area contributed by atoms with E-state index in [0.29, 0.717) is 12.0 Å². The maximum absolute atomic E-state index is 12.5. The Morgan fingerprint density at radius 3 is 2.38 bits per heavy atom. The molecule has 1 amide bonds. The number of hydrogen-bond donors (Lipinski definition) is 2. The Morgan fingerprint density at radius 2 is 1.95 bits per heavy atom. The molecule has 1 saturated carbocycles. The second kappa shape index (κ2) is 5.51. The summed E-state index contributed by atoms with van der Waals surface area (Å²) in [5, 5.41) is 12.5. The van der Waals surface area contributed by atoms with Gasteiger partial charge in [0.2, 0.25) is 5.91 Å². The number of carboxylic acids is 1. The molecule has 2 rings (SSSR count). The first kappa shape index (κ1) is 15.5. The maximum atomic E-state index is 12.5. The monoisotopic (exact) mass is 289 g/mol. The number of rotatable bonds is 6. The molecule has 3 unspecified atom stereocenters. The molecule has 0 spiro atoms. The fourth-order valence-electron chi connectivity index (χ4n) is 2.92. The van der Waals surface area contributed by atoms with Gasteiger partial charge in [-0.3, -0.25) is 4.79 Å². The molecule has 4 nitrogen and oxygen atoms in total. The second-order valence-corrected chi connectivity index (χ2v) is 6.18. The standard InChI is InChI=1S/C17H23NO3/c1-4-16(3)11-13(16)14(19)18-17(5-2,15(20)21)12-9-7-6-8-10-12/h6-10,13H,4-5,11H2,1-3H3,(H,18,19)(H,20,21). The third-order valence-corrected chi connectivity index (χ3v) is 4.97. The van der Waals surface area contributed by atoms with Crippen molar-refractivity contribution >= 4 is 11.9 Å². The first-order valence-corrected chi connectivity index (χ1v) is 7.50. The smallest absolute Gasteiger partial charge is 0.334 e. The number of carbonyl (C=O) groups is 2. The minimum absolute atomic E-state index is 0.0265. The van der Waals surface area contributed by atoms with E-state index in [-0.39, 0.29) is 17.2 Å². The summed E-state index contributed by atoms with van der Waals surface area (Å²) in [4.78, 5) is 24.3. The number of amides is 1. The molecule has 1 aromatic carbocycles. The molecule has 4 heteroatoms. The Bertz CT molecular complexity index is 542. The molecule has 114 valence electrons. The van der Waals surface area contributed by atoms with E-state index in [4.69, 9.17) is 0 Å². The number of carbonyl (C=O) groups excluding carboxylic acids is 1. The quantitative estimate of drug-likeness (QED) is 0.846. The minimum atomic E-state index is -1.34. The normalized spacial score (nSPS) is 26.7. The number of carboxylic acid groups (broad SMARTS) is 1. The number of benzene rings is 1. The summed E-state index contributed by atoms with van der Waals surface area (Å²) in [5.74, 6) is -1.23. The topological polar surface area (TPSA) is 66.4 Å². The molecule has 1 aliphatic rings. The van der Waals surface area contributed by atoms with Gasteiger partial charge in [-0.15, -0.1) is 0 Å². The van der Waals surface area contributed by atoms with Gasteiger partial charge in [-0.1, -0.05) is 51.1 Å². The van der Waals surface area contributed by atoms with Gasteiger partial charge in [-0.05, 0) is 30.2 Å². The molecule has 0 aliphatic heterocycles. The van der Waals surface area contributed by atoms with Crippen molar-refractivity contribution in [3.05, 3.63) is 35.9 Å². The van der Waals surface area contributed by atoms with Crippen molar-refractivity contribution in [1.82, 2.24) is 5.32 Å². The molecule has 21 heavy (non-hydrogen) atoms. The van der Waals surface area contributed by atoms with Crippen LogP contribution in [-0.4, -0.2) is 17.0 Å². The van der Waals surface area contributed by atoms with E-state index in [1.165, 1.54) is 0 Å². The van der Waals surface area contributed by atoms with Crippen LogP contribution in [0.15, 0.2) is 30.3 Å². The van der Waals surface area contributed by atoms with Crippen LogP contribution in [-0.2, 0) is 15.1 Å². The number of hydrogen-bond acceptors (Lipinski definition) is 2. The van der Waals surface area contributed by atoms with Gasteiger partial charge in [0.25, 0.3) is 0 Å². The van der Waals surface area contributed by atoms with Crippen LogP contribution in [0.4, 0.5) is 0 Å². The van der Waals surface area contributed by atoms with Gasteiger partial charge < -0.3 is 10.4 Å². The van der Waals surface area contributed by atoms with Crippen molar-refractivity contribution in [1.29, 1.82) is 0 Å². The van der Waals surface area contributed by atoms with Gasteiger partial charge >= 0.3 is 5.97 Å². The Kier molecular flexibility index (Phi) is 4.08. The van der Waals surface area contributed by atoms with Gasteiger partial charge in [0.15, 0.2) is 5.54 Å². The zero-order chi connectivity index (χ0) is 15.7. The number of aliphatic carboxylic acids is 1. The van der Waals surface area contributed by atoms with Crippen LogP contribution in [0, 0.1) is 11.3 Å². The average molecular weight is 289 g/mol. The summed E-state index contributed by atoms with van der Waals surface area (Å²) in [6, 6.07) is 8.93. The maximum Gasteiger partial charge on any atom is 0.334 e. The molecule has 0 saturated heterocycles. The molecule has 2 N–H and O–H groups in total. The van der Waals surface area contributed by atoms with Crippen LogP contribution in [0.2, 0.25) is 0 Å². The molecule has 3 atom stereocenters. The summed E-state index contributed by atoms with van der Waals surface area (Å²) in [7, 11) is 0. The van der Waals surface area contributed by atoms with Crippen molar-refractivity contribution in [2.75, 3.05) is 0 Å². The first-order chi connectivity index (χ1) is 9.89. The Balaban J connectivity index is 2.27. The van der Waals surface area contributed by atoms with Gasteiger partial charge in [0.1, 0.15) is 0 Å². The average Bonchev–Trinajstić information content (AvgIpc) is 3.18. The number of nitrogens with one attached hydrogen (secondary N) is 1. The van der Waals surface area contributed by atoms with Gasteiger partial charge in [0.05, 0.1) is 0 Å². The van der Waals surface area contributed by atoms with E-state index in [9.17, 15) is 14.7 Å². The van der Waals surface area contributed by atoms with Crippen molar-refractivity contribution in [3.8, 4) is 0 Å². The molecular formula is C17H23NO3. The van der Waals surface area contributed by atoms with E-state index < -0.39 is 11.5 Å². The third kappa shape index (κ3) is 2.67. The molecule has 0 bridgehead atoms. The highest BCUT2D eigenvalue weighted by Gasteiger charge is 2.55. The second-order valence-electron chi connectivity index (χ2n) is 6.18. The molecule has 0 heterocycles. The molecule has 1 fully saturated rings. The lowest BCUT2D eigenvalue weighted by molar-refractivity contribution is -0.148. The van der Waals surface area contributed by atoms with Crippen LogP contribution in [0.3, 0.4) is 0 Å². The lowest BCUT2D eigenvalue weighted by atomic mass is 9.86. The largest absolute Gasteiger partial charge is 0.479 e. The highest BCUT2D eigenvalue weighted by Crippen LogP contribution is 2.55. The first-order valence-electron chi connectivity index (χ1n) is 7.50. The van der Waals surface area contributed by atoms with Crippen LogP contribution in [0.1, 0.15) is 45.6 Å². The molecular weight excluding hydrogens is 266 g/mol. The van der Waals surface area contributed by atoms with E-state index in [1.54, 1.807) is 31.2 Å². The van der Waals surface area contributed by atoms with E-state index in [0.717, 1.165) is 12.8 Å². The van der Waals surface area contributed by atoms with Gasteiger partial charge in [-0.25, -0.2) is 4.79 Å². The summed E-state index contributed by atoms with van der Waals surface area (Å²) < 4.78 is 0. The third-order valence-electron chi connectivity index (χ3n) is 4.97. The van der Waals surface area contributed by atoms with Gasteiger partial charge in [0, 0.05) is 5.92 Å². The van der Waals surface area contributed by atoms with Crippen molar-refractivity contribution < 1.29 is 14.7 Å². The lowest BCUT2D eigenvalue weighted by Crippen LogP contribution is -2.52. The highest BCUT2D eigenvalue weighted by atomic mass is 16.4. The SMILES string of the molecule is CCC(NC(=O)C1CC1(C)CC)(C(=O)O)c1ccccc1. The zero-order valence-electron chi connectivity index (χ0n) is 12.8. The van der Waals surface area contributed by atoms with Crippen molar-refractivity contribution in [2.45, 2.75) is 45.6 Å². The Hall–Kier alpha value is -1.84. The fraction of sp³-hybridized carbons (Fsp3) is 0.529. The summed E-state index contributed by atoms with van der Waals surface area (Å²) in [6.07, 6.45) is 2.08. The predicted octanol–water partition coefficient (Wildman–Crippen LogP) is 2.93. The summed E-state index contributed by atoms with van der Waals surface area (Å²) in [5.41, 5.74) is -0.693. The zero-order valence-corrected chi connectivity index (χ0v) is 12.8. The highest BCUT2D eigenvalue weighted by molar-refractivity contribution is 5.90. The lowest BCUT2D eigenvalue weighted by Gasteiger charge is -2.30. The summed E-state index contributed by atoms with van der Waals surface area (Å²) >= 11 is 0. The van der Waals surface area contributed by atoms with Crippen LogP contribution >= 0.6 is 0 Å². The van der Waals surface area contributed by atoms with E-state index in [2.05, 4.69) is 19.2 Å².